The molecule has 0 fully saturated rings. The van der Waals surface area contributed by atoms with Crippen LogP contribution in [0.2, 0.25) is 0 Å². The summed E-state index contributed by atoms with van der Waals surface area (Å²) in [6.45, 7) is 3.08. The minimum atomic E-state index is -1.16. The van der Waals surface area contributed by atoms with Crippen molar-refractivity contribution in [1.82, 2.24) is 5.32 Å². The first kappa shape index (κ1) is 19.6. The van der Waals surface area contributed by atoms with Crippen LogP contribution in [0.5, 0.6) is 0 Å². The lowest BCUT2D eigenvalue weighted by Crippen LogP contribution is -2.50. The molecule has 0 aliphatic rings. The molecule has 2 N–H and O–H groups in total. The summed E-state index contributed by atoms with van der Waals surface area (Å²) in [5.41, 5.74) is -0.257. The molecule has 0 spiro atoms. The summed E-state index contributed by atoms with van der Waals surface area (Å²) in [6.07, 6.45) is 0.986. The molecular formula is C16H19ClN2O5. The molecule has 1 rings (SSSR count). The van der Waals surface area contributed by atoms with E-state index in [0.717, 1.165) is 0 Å². The van der Waals surface area contributed by atoms with Gasteiger partial charge < -0.3 is 15.3 Å². The van der Waals surface area contributed by atoms with E-state index in [1.54, 1.807) is 26.0 Å². The molecule has 130 valence electrons. The number of carbonyl (C=O) groups excluding carboxylic acids is 2. The maximum absolute atomic E-state index is 12.5. The van der Waals surface area contributed by atoms with E-state index in [4.69, 9.17) is 16.7 Å². The molecule has 0 saturated heterocycles. The quantitative estimate of drug-likeness (QED) is 0.419. The lowest BCUT2D eigenvalue weighted by molar-refractivity contribution is -0.136. The Morgan fingerprint density at radius 3 is 2.58 bits per heavy atom. The third-order valence-electron chi connectivity index (χ3n) is 3.31. The number of ketones is 1. The molecule has 8 heteroatoms. The van der Waals surface area contributed by atoms with Crippen LogP contribution in [0.4, 0.5) is 0 Å². The molecule has 0 saturated carbocycles. The fourth-order valence-electron chi connectivity index (χ4n) is 1.97. The van der Waals surface area contributed by atoms with Crippen molar-refractivity contribution in [2.75, 3.05) is 13.0 Å². The predicted molar refractivity (Wildman–Crippen MR) is 89.7 cm³/mol. The van der Waals surface area contributed by atoms with Gasteiger partial charge in [-0.1, -0.05) is 17.3 Å². The number of Topliss-reactive ketones (excluding diaryl/α,β-unsaturated/α-hetero) is 1. The van der Waals surface area contributed by atoms with Gasteiger partial charge in [-0.3, -0.25) is 14.4 Å². The van der Waals surface area contributed by atoms with Crippen molar-refractivity contribution in [3.63, 3.8) is 0 Å². The third kappa shape index (κ3) is 5.06. The topological polar surface area (TPSA) is 105 Å². The van der Waals surface area contributed by atoms with Crippen LogP contribution in [0, 0.1) is 0 Å². The molecule has 0 aromatic heterocycles. The van der Waals surface area contributed by atoms with Gasteiger partial charge in [0.2, 0.25) is 0 Å². The summed E-state index contributed by atoms with van der Waals surface area (Å²) in [6, 6.07) is 4.66. The maximum Gasteiger partial charge on any atom is 0.307 e. The van der Waals surface area contributed by atoms with Crippen LogP contribution in [0.3, 0.4) is 0 Å². The highest BCUT2D eigenvalue weighted by atomic mass is 35.5. The Bertz CT molecular complexity index is 670. The van der Waals surface area contributed by atoms with Crippen LogP contribution in [0.15, 0.2) is 23.4 Å². The van der Waals surface area contributed by atoms with Crippen LogP contribution < -0.4 is 5.32 Å². The van der Waals surface area contributed by atoms with E-state index in [2.05, 4.69) is 15.3 Å². The molecule has 24 heavy (non-hydrogen) atoms. The second-order valence-corrected chi connectivity index (χ2v) is 5.77. The Morgan fingerprint density at radius 2 is 2.04 bits per heavy atom. The number of alkyl halides is 1. The number of benzene rings is 1. The summed E-state index contributed by atoms with van der Waals surface area (Å²) in [7, 11) is 1.33. The van der Waals surface area contributed by atoms with Gasteiger partial charge in [-0.25, -0.2) is 0 Å². The van der Waals surface area contributed by atoms with E-state index in [9.17, 15) is 14.4 Å². The number of hydrogen-bond donors (Lipinski definition) is 2. The summed E-state index contributed by atoms with van der Waals surface area (Å²) >= 11 is 5.54. The van der Waals surface area contributed by atoms with Crippen molar-refractivity contribution in [2.45, 2.75) is 25.8 Å². The second kappa shape index (κ2) is 8.44. The van der Waals surface area contributed by atoms with Crippen LogP contribution in [0.1, 0.15) is 35.3 Å². The number of nitrogens with one attached hydrogen (secondary N) is 1. The van der Waals surface area contributed by atoms with Gasteiger partial charge in [0.25, 0.3) is 5.91 Å². The molecule has 0 radical (unpaired) electrons. The largest absolute Gasteiger partial charge is 0.481 e. The summed E-state index contributed by atoms with van der Waals surface area (Å²) in [4.78, 5) is 40.0. The van der Waals surface area contributed by atoms with Crippen molar-refractivity contribution in [3.8, 4) is 0 Å². The van der Waals surface area contributed by atoms with Gasteiger partial charge in [0.05, 0.1) is 24.1 Å². The van der Waals surface area contributed by atoms with E-state index in [0.29, 0.717) is 11.1 Å². The molecule has 7 nitrogen and oxygen atoms in total. The van der Waals surface area contributed by atoms with Crippen molar-refractivity contribution >= 4 is 35.5 Å². The first-order valence-corrected chi connectivity index (χ1v) is 7.58. The number of carboxylic acids is 1. The van der Waals surface area contributed by atoms with Gasteiger partial charge >= 0.3 is 5.97 Å². The number of aliphatic carboxylic acids is 1. The molecule has 0 heterocycles. The molecule has 1 aromatic rings. The average molecular weight is 355 g/mol. The normalized spacial score (nSPS) is 11.3. The van der Waals surface area contributed by atoms with Crippen molar-refractivity contribution < 1.29 is 24.3 Å². The van der Waals surface area contributed by atoms with Gasteiger partial charge in [-0.2, -0.15) is 0 Å². The number of rotatable bonds is 8. The molecular weight excluding hydrogens is 336 g/mol. The number of amides is 1. The zero-order valence-electron chi connectivity index (χ0n) is 13.6. The number of oxime groups is 1. The lowest BCUT2D eigenvalue weighted by Gasteiger charge is -2.24. The van der Waals surface area contributed by atoms with Gasteiger partial charge in [-0.15, -0.1) is 11.6 Å². The molecule has 0 bridgehead atoms. The van der Waals surface area contributed by atoms with Gasteiger partial charge in [0, 0.05) is 11.1 Å². The first-order chi connectivity index (χ1) is 11.2. The molecule has 0 atom stereocenters. The highest BCUT2D eigenvalue weighted by Crippen LogP contribution is 2.16. The highest BCUT2D eigenvalue weighted by Gasteiger charge is 2.29. The molecule has 1 amide bonds. The molecule has 0 unspecified atom stereocenters. The van der Waals surface area contributed by atoms with Crippen LogP contribution >= 0.6 is 11.6 Å². The second-order valence-electron chi connectivity index (χ2n) is 5.50. The zero-order valence-corrected chi connectivity index (χ0v) is 14.4. The van der Waals surface area contributed by atoms with Crippen LogP contribution in [-0.4, -0.2) is 47.5 Å². The lowest BCUT2D eigenvalue weighted by atomic mass is 9.96. The minimum absolute atomic E-state index is 0.185. The van der Waals surface area contributed by atoms with E-state index in [-0.39, 0.29) is 23.6 Å². The van der Waals surface area contributed by atoms with Crippen LogP contribution in [0.25, 0.3) is 0 Å². The Kier molecular flexibility index (Phi) is 6.91. The van der Waals surface area contributed by atoms with E-state index in [1.165, 1.54) is 19.4 Å². The predicted octanol–water partition coefficient (Wildman–Crippen LogP) is 1.61. The number of hydrogen-bond acceptors (Lipinski definition) is 5. The Balaban J connectivity index is 3.26. The average Bonchev–Trinajstić information content (AvgIpc) is 2.51. The first-order valence-electron chi connectivity index (χ1n) is 7.05. The minimum Gasteiger partial charge on any atom is -0.481 e. The van der Waals surface area contributed by atoms with Gasteiger partial charge in [-0.05, 0) is 25.5 Å². The van der Waals surface area contributed by atoms with Gasteiger partial charge in [0.1, 0.15) is 7.11 Å². The smallest absolute Gasteiger partial charge is 0.307 e. The van der Waals surface area contributed by atoms with Crippen molar-refractivity contribution in [3.05, 3.63) is 34.9 Å². The number of nitrogens with zero attached hydrogens (tertiary/aromatic N) is 1. The fourth-order valence-corrected chi connectivity index (χ4v) is 2.31. The van der Waals surface area contributed by atoms with E-state index < -0.39 is 17.4 Å². The number of halogens is 1. The summed E-state index contributed by atoms with van der Waals surface area (Å²) in [5.74, 6) is -2.16. The molecule has 0 aliphatic heterocycles. The number of carboxylic acid groups (broad SMARTS) is 1. The summed E-state index contributed by atoms with van der Waals surface area (Å²) in [5, 5.41) is 15.2. The highest BCUT2D eigenvalue weighted by molar-refractivity contribution is 6.29. The zero-order chi connectivity index (χ0) is 18.3. The molecule has 0 aliphatic carbocycles. The van der Waals surface area contributed by atoms with Crippen LogP contribution in [-0.2, 0) is 20.8 Å². The monoisotopic (exact) mass is 354 g/mol. The Hall–Kier alpha value is -2.41. The third-order valence-corrected chi connectivity index (χ3v) is 3.56. The molecule has 1 aromatic carbocycles. The maximum atomic E-state index is 12.5. The Morgan fingerprint density at radius 1 is 1.38 bits per heavy atom. The van der Waals surface area contributed by atoms with E-state index in [1.807, 2.05) is 0 Å². The summed E-state index contributed by atoms with van der Waals surface area (Å²) < 4.78 is 0. The van der Waals surface area contributed by atoms with Gasteiger partial charge in [0.15, 0.2) is 5.78 Å². The SMILES string of the molecule is CON=Cc1c(CC(=O)O)cccc1C(=O)NC(C)(C)C(=O)CCl. The number of carbonyl (C=O) groups is 3. The van der Waals surface area contributed by atoms with Crippen molar-refractivity contribution in [1.29, 1.82) is 0 Å². The van der Waals surface area contributed by atoms with Crippen molar-refractivity contribution in [2.24, 2.45) is 5.16 Å². The fraction of sp³-hybridized carbons (Fsp3) is 0.375. The van der Waals surface area contributed by atoms with E-state index >= 15 is 0 Å². The standard InChI is InChI=1S/C16H19ClN2O5/c1-16(2,13(20)8-17)19-15(23)11-6-4-5-10(7-14(21)22)12(11)9-18-24-3/h4-6,9H,7-8H2,1-3H3,(H,19,23)(H,21,22). The Labute approximate surface area is 144 Å².